The van der Waals surface area contributed by atoms with Crippen molar-refractivity contribution in [2.24, 2.45) is 0 Å². The van der Waals surface area contributed by atoms with Gasteiger partial charge in [-0.05, 0) is 20.9 Å². The van der Waals surface area contributed by atoms with E-state index in [0.29, 0.717) is 0 Å². The zero-order chi connectivity index (χ0) is 9.07. The highest BCUT2D eigenvalue weighted by molar-refractivity contribution is 7.85. The maximum atomic E-state index is 5.28. The summed E-state index contributed by atoms with van der Waals surface area (Å²) in [5, 5.41) is 3.17. The largest absolute Gasteiger partial charge is 0.365 e. The fourth-order valence-electron chi connectivity index (χ4n) is 0.916. The second-order valence-corrected chi connectivity index (χ2v) is 4.12. The predicted octanol–water partition coefficient (Wildman–Crippen LogP) is 1.19. The van der Waals surface area contributed by atoms with Crippen LogP contribution < -0.4 is 5.32 Å². The highest BCUT2D eigenvalue weighted by Crippen LogP contribution is 2.27. The molecule has 0 unspecified atom stereocenters. The van der Waals surface area contributed by atoms with Gasteiger partial charge in [-0.15, -0.1) is 12.6 Å². The Morgan fingerprint density at radius 3 is 2.00 bits per heavy atom. The van der Waals surface area contributed by atoms with Crippen LogP contribution in [0.25, 0.3) is 0 Å². The lowest BCUT2D eigenvalue weighted by Crippen LogP contribution is -2.50. The van der Waals surface area contributed by atoms with E-state index in [1.807, 2.05) is 20.9 Å². The van der Waals surface area contributed by atoms with Gasteiger partial charge in [0, 0.05) is 18.4 Å². The molecule has 0 fully saturated rings. The summed E-state index contributed by atoms with van der Waals surface area (Å²) in [6.45, 7) is 3.98. The fraction of sp³-hybridized carbons (Fsp3) is 1.00. The average molecular weight is 195 g/mol. The molecule has 0 saturated heterocycles. The molecule has 0 amide bonds. The molecule has 0 aromatic carbocycles. The van der Waals surface area contributed by atoms with Crippen molar-refractivity contribution >= 4 is 25.3 Å². The number of rotatable bonds is 4. The maximum absolute atomic E-state index is 5.28. The van der Waals surface area contributed by atoms with E-state index in [4.69, 9.17) is 4.74 Å². The Balaban J connectivity index is 4.32. The summed E-state index contributed by atoms with van der Waals surface area (Å²) in [7, 11) is 3.53. The topological polar surface area (TPSA) is 21.3 Å². The molecule has 0 aliphatic heterocycles. The van der Waals surface area contributed by atoms with Gasteiger partial charge in [-0.1, -0.05) is 0 Å². The van der Waals surface area contributed by atoms with Gasteiger partial charge < -0.3 is 10.1 Å². The second-order valence-electron chi connectivity index (χ2n) is 2.64. The van der Waals surface area contributed by atoms with E-state index in [-0.39, 0.29) is 11.3 Å². The lowest BCUT2D eigenvalue weighted by atomic mass is 10.1. The number of nitrogens with one attached hydrogen (secondary N) is 1. The van der Waals surface area contributed by atoms with Crippen LogP contribution in [0, 0.1) is 0 Å². The summed E-state index contributed by atoms with van der Waals surface area (Å²) in [6.07, 6.45) is 0. The number of methoxy groups -OCH3 is 1. The number of ether oxygens (including phenoxy) is 1. The summed E-state index contributed by atoms with van der Waals surface area (Å²) in [6, 6.07) is 0.170. The van der Waals surface area contributed by atoms with Gasteiger partial charge in [0.05, 0.1) is 0 Å². The highest BCUT2D eigenvalue weighted by Gasteiger charge is 2.35. The lowest BCUT2D eigenvalue weighted by molar-refractivity contribution is 0.0487. The summed E-state index contributed by atoms with van der Waals surface area (Å²) in [4.78, 5) is -0.502. The van der Waals surface area contributed by atoms with Crippen LogP contribution in [0.15, 0.2) is 0 Å². The van der Waals surface area contributed by atoms with Gasteiger partial charge in [-0.25, -0.2) is 0 Å². The fourth-order valence-corrected chi connectivity index (χ4v) is 1.37. The minimum absolute atomic E-state index is 0.0817. The molecule has 4 heteroatoms. The van der Waals surface area contributed by atoms with Gasteiger partial charge in [-0.3, -0.25) is 0 Å². The molecule has 2 nitrogen and oxygen atoms in total. The van der Waals surface area contributed by atoms with Crippen molar-refractivity contribution in [1.29, 1.82) is 0 Å². The van der Waals surface area contributed by atoms with Crippen molar-refractivity contribution in [1.82, 2.24) is 5.32 Å². The van der Waals surface area contributed by atoms with E-state index in [9.17, 15) is 0 Å². The summed E-state index contributed by atoms with van der Waals surface area (Å²) in [5.41, 5.74) is 0. The van der Waals surface area contributed by atoms with Crippen molar-refractivity contribution in [2.75, 3.05) is 14.2 Å². The Morgan fingerprint density at radius 2 is 1.91 bits per heavy atom. The van der Waals surface area contributed by atoms with E-state index in [1.165, 1.54) is 0 Å². The van der Waals surface area contributed by atoms with Crippen molar-refractivity contribution in [3.63, 3.8) is 0 Å². The molecule has 68 valence electrons. The van der Waals surface area contributed by atoms with Gasteiger partial charge in [0.15, 0.2) is 0 Å². The van der Waals surface area contributed by atoms with E-state index >= 15 is 0 Å². The van der Waals surface area contributed by atoms with Gasteiger partial charge in [-0.2, -0.15) is 12.6 Å². The van der Waals surface area contributed by atoms with Gasteiger partial charge >= 0.3 is 0 Å². The first-order valence-corrected chi connectivity index (χ1v) is 4.58. The van der Waals surface area contributed by atoms with Crippen LogP contribution in [0.3, 0.4) is 0 Å². The molecule has 0 saturated carbocycles. The van der Waals surface area contributed by atoms with Crippen molar-refractivity contribution < 1.29 is 4.74 Å². The first-order chi connectivity index (χ1) is 4.99. The first kappa shape index (κ1) is 11.6. The Hall–Kier alpha value is 0.620. The molecule has 0 heterocycles. The molecule has 0 bridgehead atoms. The summed E-state index contributed by atoms with van der Waals surface area (Å²) >= 11 is 8.74. The normalized spacial score (nSPS) is 22.4. The molecule has 0 radical (unpaired) electrons. The summed E-state index contributed by atoms with van der Waals surface area (Å²) in [5.74, 6) is 0. The zero-order valence-corrected chi connectivity index (χ0v) is 9.25. The van der Waals surface area contributed by atoms with Crippen LogP contribution in [-0.2, 0) is 4.74 Å². The van der Waals surface area contributed by atoms with E-state index in [0.717, 1.165) is 0 Å². The quantitative estimate of drug-likeness (QED) is 0.463. The molecular formula is C7H17NOS2. The molecule has 1 N–H and O–H groups in total. The third kappa shape index (κ3) is 2.54. The Kier molecular flexibility index (Phi) is 4.86. The number of hydrogen-bond acceptors (Lipinski definition) is 4. The first-order valence-electron chi connectivity index (χ1n) is 3.61. The van der Waals surface area contributed by atoms with Crippen LogP contribution >= 0.6 is 25.3 Å². The molecule has 0 aromatic heterocycles. The minimum Gasteiger partial charge on any atom is -0.365 e. The van der Waals surface area contributed by atoms with E-state index in [2.05, 4.69) is 30.6 Å². The maximum Gasteiger partial charge on any atom is 0.136 e. The Labute approximate surface area is 79.9 Å². The van der Waals surface area contributed by atoms with Gasteiger partial charge in [0.25, 0.3) is 0 Å². The standard InChI is InChI=1S/C7H17NOS2/c1-5(8-3)7(11,9-4)6(2)10/h5-6,8,10-11H,1-4H3/t5-,6-,7-/m0/s1. The zero-order valence-electron chi connectivity index (χ0n) is 7.46. The van der Waals surface area contributed by atoms with E-state index < -0.39 is 4.93 Å². The molecular weight excluding hydrogens is 178 g/mol. The van der Waals surface area contributed by atoms with Crippen molar-refractivity contribution in [2.45, 2.75) is 30.1 Å². The number of thiol groups is 2. The van der Waals surface area contributed by atoms with Gasteiger partial charge in [0.1, 0.15) is 4.93 Å². The minimum atomic E-state index is -0.502. The van der Waals surface area contributed by atoms with Crippen molar-refractivity contribution in [3.8, 4) is 0 Å². The van der Waals surface area contributed by atoms with Crippen LogP contribution in [0.5, 0.6) is 0 Å². The molecule has 11 heavy (non-hydrogen) atoms. The number of likely N-dealkylation sites (N-methyl/N-ethyl adjacent to an activating group) is 1. The van der Waals surface area contributed by atoms with E-state index in [1.54, 1.807) is 7.11 Å². The number of hydrogen-bond donors (Lipinski definition) is 3. The highest BCUT2D eigenvalue weighted by atomic mass is 32.1. The average Bonchev–Trinajstić information content (AvgIpc) is 2.01. The van der Waals surface area contributed by atoms with Crippen LogP contribution in [0.1, 0.15) is 13.8 Å². The molecule has 0 spiro atoms. The molecule has 3 atom stereocenters. The second kappa shape index (κ2) is 4.60. The SMILES string of the molecule is CN[C@@H](C)[C@@](S)(OC)[C@H](C)S. The lowest BCUT2D eigenvalue weighted by Gasteiger charge is -2.36. The van der Waals surface area contributed by atoms with Crippen LogP contribution in [0.2, 0.25) is 0 Å². The Bertz CT molecular complexity index is 121. The van der Waals surface area contributed by atoms with Crippen LogP contribution in [0.4, 0.5) is 0 Å². The monoisotopic (exact) mass is 195 g/mol. The smallest absolute Gasteiger partial charge is 0.136 e. The Morgan fingerprint density at radius 1 is 1.45 bits per heavy atom. The van der Waals surface area contributed by atoms with Crippen LogP contribution in [-0.4, -0.2) is 30.4 Å². The predicted molar refractivity (Wildman–Crippen MR) is 55.7 cm³/mol. The molecule has 0 aliphatic carbocycles. The van der Waals surface area contributed by atoms with Crippen molar-refractivity contribution in [3.05, 3.63) is 0 Å². The van der Waals surface area contributed by atoms with Gasteiger partial charge in [0.2, 0.25) is 0 Å². The molecule has 0 rings (SSSR count). The third-order valence-corrected chi connectivity index (χ3v) is 3.52. The summed E-state index contributed by atoms with van der Waals surface area (Å²) < 4.78 is 5.28. The molecule has 0 aromatic rings. The molecule has 0 aliphatic rings. The third-order valence-electron chi connectivity index (χ3n) is 1.98.